The molecule has 5 heteroatoms. The minimum Gasteiger partial charge on any atom is -0.481 e. The molecule has 0 atom stereocenters. The standard InChI is InChI=1S/C11H9BrO4/c12-8-3-1-7(2-4-8)11(16)9(13)5-6-10(14)15/h1-4H,5-6H2,(H,14,15). The van der Waals surface area contributed by atoms with Crippen LogP contribution in [0.25, 0.3) is 0 Å². The van der Waals surface area contributed by atoms with E-state index in [9.17, 15) is 14.4 Å². The van der Waals surface area contributed by atoms with Gasteiger partial charge in [0.15, 0.2) is 0 Å². The Bertz CT molecular complexity index is 422. The highest BCUT2D eigenvalue weighted by atomic mass is 79.9. The van der Waals surface area contributed by atoms with Crippen molar-refractivity contribution >= 4 is 33.5 Å². The third kappa shape index (κ3) is 3.58. The van der Waals surface area contributed by atoms with Gasteiger partial charge in [-0.25, -0.2) is 0 Å². The number of rotatable bonds is 5. The Morgan fingerprint density at radius 1 is 1.06 bits per heavy atom. The molecule has 1 aromatic carbocycles. The predicted molar refractivity (Wildman–Crippen MR) is 60.3 cm³/mol. The average molecular weight is 285 g/mol. The van der Waals surface area contributed by atoms with Gasteiger partial charge in [-0.15, -0.1) is 0 Å². The van der Waals surface area contributed by atoms with Crippen molar-refractivity contribution in [2.75, 3.05) is 0 Å². The SMILES string of the molecule is O=C(O)CCC(=O)C(=O)c1ccc(Br)cc1. The van der Waals surface area contributed by atoms with E-state index in [0.29, 0.717) is 0 Å². The van der Waals surface area contributed by atoms with Gasteiger partial charge in [0, 0.05) is 16.5 Å². The number of hydrogen-bond donors (Lipinski definition) is 1. The first-order valence-corrected chi connectivity index (χ1v) is 5.35. The molecule has 0 fully saturated rings. The van der Waals surface area contributed by atoms with Gasteiger partial charge in [0.05, 0.1) is 6.42 Å². The highest BCUT2D eigenvalue weighted by Crippen LogP contribution is 2.11. The average Bonchev–Trinajstić information content (AvgIpc) is 2.26. The number of benzene rings is 1. The van der Waals surface area contributed by atoms with Gasteiger partial charge >= 0.3 is 5.97 Å². The molecule has 0 amide bonds. The molecule has 0 aliphatic rings. The molecular formula is C11H9BrO4. The second-order valence-corrected chi connectivity index (χ2v) is 4.07. The lowest BCUT2D eigenvalue weighted by molar-refractivity contribution is -0.138. The van der Waals surface area contributed by atoms with E-state index >= 15 is 0 Å². The smallest absolute Gasteiger partial charge is 0.303 e. The van der Waals surface area contributed by atoms with Crippen molar-refractivity contribution in [2.24, 2.45) is 0 Å². The van der Waals surface area contributed by atoms with Gasteiger partial charge in [0.1, 0.15) is 0 Å². The molecule has 0 unspecified atom stereocenters. The number of halogens is 1. The number of carboxylic acids is 1. The van der Waals surface area contributed by atoms with Crippen LogP contribution < -0.4 is 0 Å². The molecule has 0 aromatic heterocycles. The molecule has 84 valence electrons. The van der Waals surface area contributed by atoms with E-state index in [1.54, 1.807) is 12.1 Å². The third-order valence-corrected chi connectivity index (χ3v) is 2.45. The van der Waals surface area contributed by atoms with E-state index in [1.807, 2.05) is 0 Å². The zero-order valence-corrected chi connectivity index (χ0v) is 9.86. The Hall–Kier alpha value is -1.49. The van der Waals surface area contributed by atoms with E-state index in [-0.39, 0.29) is 18.4 Å². The van der Waals surface area contributed by atoms with Crippen molar-refractivity contribution in [3.8, 4) is 0 Å². The number of ketones is 2. The van der Waals surface area contributed by atoms with Crippen LogP contribution in [0.5, 0.6) is 0 Å². The van der Waals surface area contributed by atoms with Crippen LogP contribution in [0.1, 0.15) is 23.2 Å². The second kappa shape index (κ2) is 5.55. The molecule has 1 aromatic rings. The predicted octanol–water partition coefficient (Wildman–Crippen LogP) is 2.07. The maximum atomic E-state index is 11.5. The van der Waals surface area contributed by atoms with E-state index < -0.39 is 17.5 Å². The van der Waals surface area contributed by atoms with E-state index in [0.717, 1.165) is 4.47 Å². The fourth-order valence-corrected chi connectivity index (χ4v) is 1.36. The van der Waals surface area contributed by atoms with Crippen molar-refractivity contribution in [1.29, 1.82) is 0 Å². The lowest BCUT2D eigenvalue weighted by Crippen LogP contribution is -2.15. The molecule has 0 spiro atoms. The number of hydrogen-bond acceptors (Lipinski definition) is 3. The van der Waals surface area contributed by atoms with Crippen LogP contribution in [0.3, 0.4) is 0 Å². The van der Waals surface area contributed by atoms with E-state index in [1.165, 1.54) is 12.1 Å². The summed E-state index contributed by atoms with van der Waals surface area (Å²) < 4.78 is 0.807. The summed E-state index contributed by atoms with van der Waals surface area (Å²) in [5.41, 5.74) is 0.276. The Kier molecular flexibility index (Phi) is 4.37. The number of Topliss-reactive ketones (excluding diaryl/α,β-unsaturated/α-hetero) is 2. The lowest BCUT2D eigenvalue weighted by atomic mass is 10.0. The normalized spacial score (nSPS) is 9.81. The molecule has 16 heavy (non-hydrogen) atoms. The molecule has 0 saturated carbocycles. The molecule has 1 rings (SSSR count). The van der Waals surface area contributed by atoms with Gasteiger partial charge in [0.25, 0.3) is 0 Å². The van der Waals surface area contributed by atoms with Gasteiger partial charge in [0.2, 0.25) is 11.6 Å². The van der Waals surface area contributed by atoms with Gasteiger partial charge in [-0.05, 0) is 24.3 Å². The topological polar surface area (TPSA) is 71.4 Å². The fourth-order valence-electron chi connectivity index (χ4n) is 1.10. The van der Waals surface area contributed by atoms with E-state index in [4.69, 9.17) is 5.11 Å². The van der Waals surface area contributed by atoms with Crippen LogP contribution >= 0.6 is 15.9 Å². The minimum absolute atomic E-state index is 0.260. The Morgan fingerprint density at radius 3 is 2.12 bits per heavy atom. The zero-order chi connectivity index (χ0) is 12.1. The summed E-state index contributed by atoms with van der Waals surface area (Å²) in [6.45, 7) is 0. The maximum absolute atomic E-state index is 11.5. The molecule has 4 nitrogen and oxygen atoms in total. The van der Waals surface area contributed by atoms with E-state index in [2.05, 4.69) is 15.9 Å². The largest absolute Gasteiger partial charge is 0.481 e. The first kappa shape index (κ1) is 12.6. The van der Waals surface area contributed by atoms with Crippen LogP contribution in [0.4, 0.5) is 0 Å². The first-order valence-electron chi connectivity index (χ1n) is 4.55. The van der Waals surface area contributed by atoms with Gasteiger partial charge in [-0.2, -0.15) is 0 Å². The summed E-state index contributed by atoms with van der Waals surface area (Å²) in [4.78, 5) is 33.1. The Labute approximate surface area is 100 Å². The monoisotopic (exact) mass is 284 g/mol. The number of aliphatic carboxylic acids is 1. The van der Waals surface area contributed by atoms with Crippen LogP contribution in [0.2, 0.25) is 0 Å². The third-order valence-electron chi connectivity index (χ3n) is 1.93. The first-order chi connectivity index (χ1) is 7.50. The van der Waals surface area contributed by atoms with Crippen molar-refractivity contribution in [3.05, 3.63) is 34.3 Å². The Morgan fingerprint density at radius 2 is 1.62 bits per heavy atom. The quantitative estimate of drug-likeness (QED) is 0.664. The summed E-state index contributed by atoms with van der Waals surface area (Å²) in [5.74, 6) is -2.41. The van der Waals surface area contributed by atoms with Gasteiger partial charge in [-0.1, -0.05) is 15.9 Å². The van der Waals surface area contributed by atoms with Crippen LogP contribution in [0, 0.1) is 0 Å². The summed E-state index contributed by atoms with van der Waals surface area (Å²) in [7, 11) is 0. The molecule has 0 saturated heterocycles. The molecule has 0 radical (unpaired) electrons. The molecule has 0 aliphatic heterocycles. The molecule has 1 N–H and O–H groups in total. The summed E-state index contributed by atoms with van der Waals surface area (Å²) >= 11 is 3.21. The number of carbonyl (C=O) groups is 3. The second-order valence-electron chi connectivity index (χ2n) is 3.15. The molecule has 0 heterocycles. The van der Waals surface area contributed by atoms with Gasteiger partial charge < -0.3 is 5.11 Å². The van der Waals surface area contributed by atoms with Crippen molar-refractivity contribution in [3.63, 3.8) is 0 Å². The fraction of sp³-hybridized carbons (Fsp3) is 0.182. The zero-order valence-electron chi connectivity index (χ0n) is 8.27. The van der Waals surface area contributed by atoms with Crippen molar-refractivity contribution in [2.45, 2.75) is 12.8 Å². The highest BCUT2D eigenvalue weighted by Gasteiger charge is 2.16. The summed E-state index contributed by atoms with van der Waals surface area (Å²) in [6, 6.07) is 6.34. The van der Waals surface area contributed by atoms with Crippen LogP contribution in [-0.2, 0) is 9.59 Å². The number of carboxylic acid groups (broad SMARTS) is 1. The van der Waals surface area contributed by atoms with Crippen LogP contribution in [-0.4, -0.2) is 22.6 Å². The molecule has 0 bridgehead atoms. The molecule has 0 aliphatic carbocycles. The lowest BCUT2D eigenvalue weighted by Gasteiger charge is -1.99. The molecular weight excluding hydrogens is 276 g/mol. The Balaban J connectivity index is 2.67. The highest BCUT2D eigenvalue weighted by molar-refractivity contribution is 9.10. The van der Waals surface area contributed by atoms with Crippen molar-refractivity contribution in [1.82, 2.24) is 0 Å². The van der Waals surface area contributed by atoms with Gasteiger partial charge in [-0.3, -0.25) is 14.4 Å². The number of carbonyl (C=O) groups excluding carboxylic acids is 2. The van der Waals surface area contributed by atoms with Crippen LogP contribution in [0.15, 0.2) is 28.7 Å². The maximum Gasteiger partial charge on any atom is 0.303 e. The summed E-state index contributed by atoms with van der Waals surface area (Å²) in [5, 5.41) is 8.38. The minimum atomic E-state index is -1.09. The van der Waals surface area contributed by atoms with Crippen molar-refractivity contribution < 1.29 is 19.5 Å². The summed E-state index contributed by atoms with van der Waals surface area (Å²) in [6.07, 6.45) is -0.578.